The van der Waals surface area contributed by atoms with E-state index < -0.39 is 0 Å². The number of thiophene rings is 1. The average Bonchev–Trinajstić information content (AvgIpc) is 3.29. The predicted octanol–water partition coefficient (Wildman–Crippen LogP) is 5.85. The number of hydrogen-bond acceptors (Lipinski definition) is 2. The third kappa shape index (κ3) is 1.32. The first-order chi connectivity index (χ1) is 10.9. The lowest BCUT2D eigenvalue weighted by Crippen LogP contribution is -1.98. The maximum Gasteiger partial charge on any atom is 0.114 e. The third-order valence-corrected chi connectivity index (χ3v) is 6.04. The van der Waals surface area contributed by atoms with Crippen LogP contribution in [0.5, 0.6) is 0 Å². The molecule has 1 saturated heterocycles. The Morgan fingerprint density at radius 1 is 0.682 bits per heavy atom. The molecule has 104 valence electrons. The fraction of sp³-hybridized carbons (Fsp3) is 0.100. The Balaban J connectivity index is 1.77. The second kappa shape index (κ2) is 3.78. The Kier molecular flexibility index (Phi) is 1.96. The molecule has 2 unspecified atom stereocenters. The van der Waals surface area contributed by atoms with Gasteiger partial charge < -0.3 is 4.74 Å². The Bertz CT molecular complexity index is 1080. The molecular formula is C20H12OS. The van der Waals surface area contributed by atoms with Crippen molar-refractivity contribution < 1.29 is 4.74 Å². The summed E-state index contributed by atoms with van der Waals surface area (Å²) < 4.78 is 8.69. The SMILES string of the molecule is c1ccc2c(c1)-c1cc3c(cc1C1OC21)sc1ccccc13. The molecule has 1 aliphatic heterocycles. The van der Waals surface area contributed by atoms with Crippen LogP contribution < -0.4 is 0 Å². The van der Waals surface area contributed by atoms with Crippen molar-refractivity contribution in [3.05, 3.63) is 71.8 Å². The molecule has 2 heterocycles. The zero-order chi connectivity index (χ0) is 14.3. The smallest absolute Gasteiger partial charge is 0.114 e. The lowest BCUT2D eigenvalue weighted by Gasteiger charge is -2.16. The topological polar surface area (TPSA) is 12.5 Å². The Hall–Kier alpha value is -2.16. The molecule has 1 fully saturated rings. The minimum absolute atomic E-state index is 0.263. The van der Waals surface area contributed by atoms with Crippen molar-refractivity contribution in [3.63, 3.8) is 0 Å². The minimum Gasteiger partial charge on any atom is -0.359 e. The first kappa shape index (κ1) is 11.4. The molecule has 2 aliphatic rings. The van der Waals surface area contributed by atoms with Gasteiger partial charge in [0.05, 0.1) is 0 Å². The summed E-state index contributed by atoms with van der Waals surface area (Å²) in [5, 5.41) is 2.73. The maximum absolute atomic E-state index is 5.96. The van der Waals surface area contributed by atoms with Gasteiger partial charge in [0, 0.05) is 20.2 Å². The fourth-order valence-electron chi connectivity index (χ4n) is 3.83. The molecule has 1 nitrogen and oxygen atoms in total. The van der Waals surface area contributed by atoms with Crippen LogP contribution in [0.15, 0.2) is 60.7 Å². The molecule has 4 aromatic rings. The van der Waals surface area contributed by atoms with Gasteiger partial charge in [-0.25, -0.2) is 0 Å². The van der Waals surface area contributed by atoms with Crippen molar-refractivity contribution in [1.82, 2.24) is 0 Å². The summed E-state index contributed by atoms with van der Waals surface area (Å²) in [4.78, 5) is 0. The van der Waals surface area contributed by atoms with E-state index >= 15 is 0 Å². The molecule has 2 atom stereocenters. The van der Waals surface area contributed by atoms with E-state index in [2.05, 4.69) is 60.7 Å². The molecule has 0 bridgehead atoms. The van der Waals surface area contributed by atoms with Gasteiger partial charge in [0.25, 0.3) is 0 Å². The highest BCUT2D eigenvalue weighted by Gasteiger charge is 2.47. The first-order valence-corrected chi connectivity index (χ1v) is 8.42. The van der Waals surface area contributed by atoms with Crippen molar-refractivity contribution >= 4 is 31.5 Å². The van der Waals surface area contributed by atoms with Crippen LogP contribution in [0.2, 0.25) is 0 Å². The number of fused-ring (bicyclic) bond motifs is 9. The van der Waals surface area contributed by atoms with Gasteiger partial charge in [-0.1, -0.05) is 42.5 Å². The first-order valence-electron chi connectivity index (χ1n) is 7.60. The standard InChI is InChI=1S/C20H12OS/c1-2-7-13-11(5-1)14-9-15-12-6-3-4-8-17(12)22-18(15)10-16(14)20-19(13)21-20/h1-10,19-20H. The molecule has 0 radical (unpaired) electrons. The molecule has 1 aromatic heterocycles. The van der Waals surface area contributed by atoms with Gasteiger partial charge in [-0.2, -0.15) is 0 Å². The lowest BCUT2D eigenvalue weighted by atomic mass is 9.85. The summed E-state index contributed by atoms with van der Waals surface area (Å²) >= 11 is 1.88. The van der Waals surface area contributed by atoms with Gasteiger partial charge in [0.1, 0.15) is 12.2 Å². The molecule has 3 aromatic carbocycles. The van der Waals surface area contributed by atoms with E-state index in [4.69, 9.17) is 4.74 Å². The van der Waals surface area contributed by atoms with Gasteiger partial charge in [-0.15, -0.1) is 11.3 Å². The van der Waals surface area contributed by atoms with Crippen molar-refractivity contribution in [2.45, 2.75) is 12.2 Å². The fourth-order valence-corrected chi connectivity index (χ4v) is 4.97. The van der Waals surface area contributed by atoms with Gasteiger partial charge in [0.2, 0.25) is 0 Å². The Morgan fingerprint density at radius 2 is 1.50 bits per heavy atom. The molecular weight excluding hydrogens is 288 g/mol. The lowest BCUT2D eigenvalue weighted by molar-refractivity contribution is 0.380. The number of benzene rings is 3. The average molecular weight is 300 g/mol. The highest BCUT2D eigenvalue weighted by molar-refractivity contribution is 7.25. The molecule has 0 amide bonds. The molecule has 0 N–H and O–H groups in total. The van der Waals surface area contributed by atoms with Gasteiger partial charge in [0.15, 0.2) is 0 Å². The van der Waals surface area contributed by atoms with Crippen LogP contribution in [-0.4, -0.2) is 0 Å². The van der Waals surface area contributed by atoms with Crippen LogP contribution in [0.1, 0.15) is 23.3 Å². The van der Waals surface area contributed by atoms with E-state index in [-0.39, 0.29) is 12.2 Å². The van der Waals surface area contributed by atoms with Crippen LogP contribution in [0.25, 0.3) is 31.3 Å². The van der Waals surface area contributed by atoms with Crippen molar-refractivity contribution in [3.8, 4) is 11.1 Å². The molecule has 1 aliphatic carbocycles. The molecule has 6 rings (SSSR count). The van der Waals surface area contributed by atoms with Crippen molar-refractivity contribution in [2.24, 2.45) is 0 Å². The third-order valence-electron chi connectivity index (χ3n) is 4.90. The van der Waals surface area contributed by atoms with E-state index in [1.807, 2.05) is 11.3 Å². The van der Waals surface area contributed by atoms with Gasteiger partial charge >= 0.3 is 0 Å². The van der Waals surface area contributed by atoms with Crippen LogP contribution >= 0.6 is 11.3 Å². The van der Waals surface area contributed by atoms with E-state index in [9.17, 15) is 0 Å². The summed E-state index contributed by atoms with van der Waals surface area (Å²) in [6.07, 6.45) is 0.537. The van der Waals surface area contributed by atoms with Gasteiger partial charge in [-0.3, -0.25) is 0 Å². The number of ether oxygens (including phenoxy) is 1. The number of epoxide rings is 1. The summed E-state index contributed by atoms with van der Waals surface area (Å²) in [5.74, 6) is 0. The zero-order valence-electron chi connectivity index (χ0n) is 11.7. The summed E-state index contributed by atoms with van der Waals surface area (Å²) in [7, 11) is 0. The van der Waals surface area contributed by atoms with Crippen molar-refractivity contribution in [1.29, 1.82) is 0 Å². The quantitative estimate of drug-likeness (QED) is 0.371. The molecule has 0 spiro atoms. The summed E-state index contributed by atoms with van der Waals surface area (Å²) in [5.41, 5.74) is 5.40. The molecule has 22 heavy (non-hydrogen) atoms. The monoisotopic (exact) mass is 300 g/mol. The van der Waals surface area contributed by atoms with Crippen molar-refractivity contribution in [2.75, 3.05) is 0 Å². The van der Waals surface area contributed by atoms with E-state index in [0.29, 0.717) is 0 Å². The molecule has 2 heteroatoms. The highest BCUT2D eigenvalue weighted by Crippen LogP contribution is 2.60. The van der Waals surface area contributed by atoms with Crippen LogP contribution in [0.4, 0.5) is 0 Å². The second-order valence-electron chi connectivity index (χ2n) is 6.10. The second-order valence-corrected chi connectivity index (χ2v) is 7.18. The predicted molar refractivity (Wildman–Crippen MR) is 91.3 cm³/mol. The minimum atomic E-state index is 0.263. The largest absolute Gasteiger partial charge is 0.359 e. The Morgan fingerprint density at radius 3 is 2.50 bits per heavy atom. The van der Waals surface area contributed by atoms with Crippen LogP contribution in [-0.2, 0) is 4.74 Å². The zero-order valence-corrected chi connectivity index (χ0v) is 12.6. The number of hydrogen-bond donors (Lipinski definition) is 0. The van der Waals surface area contributed by atoms with Gasteiger partial charge in [-0.05, 0) is 40.5 Å². The van der Waals surface area contributed by atoms with Crippen LogP contribution in [0.3, 0.4) is 0 Å². The summed E-state index contributed by atoms with van der Waals surface area (Å²) in [6.45, 7) is 0. The Labute approximate surface area is 131 Å². The van der Waals surface area contributed by atoms with E-state index in [1.54, 1.807) is 0 Å². The normalized spacial score (nSPS) is 21.5. The summed E-state index contributed by atoms with van der Waals surface area (Å²) in [6, 6.07) is 22.1. The highest BCUT2D eigenvalue weighted by atomic mass is 32.1. The maximum atomic E-state index is 5.96. The van der Waals surface area contributed by atoms with E-state index in [1.165, 1.54) is 42.4 Å². The van der Waals surface area contributed by atoms with E-state index in [0.717, 1.165) is 0 Å². The number of rotatable bonds is 0. The van der Waals surface area contributed by atoms with Crippen LogP contribution in [0, 0.1) is 0 Å². The molecule has 0 saturated carbocycles.